The van der Waals surface area contributed by atoms with Crippen LogP contribution in [0, 0.1) is 5.41 Å². The first kappa shape index (κ1) is 18.0. The van der Waals surface area contributed by atoms with E-state index in [2.05, 4.69) is 49.9 Å². The normalized spacial score (nSPS) is 18.7. The van der Waals surface area contributed by atoms with E-state index < -0.39 is 0 Å². The predicted octanol–water partition coefficient (Wildman–Crippen LogP) is 4.24. The molecule has 0 radical (unpaired) electrons. The molecule has 1 atom stereocenters. The van der Waals surface area contributed by atoms with Gasteiger partial charge >= 0.3 is 0 Å². The van der Waals surface area contributed by atoms with E-state index in [0.29, 0.717) is 12.6 Å². The molecule has 128 valence electrons. The molecule has 0 saturated heterocycles. The number of fused-ring (bicyclic) bond motifs is 1. The van der Waals surface area contributed by atoms with Crippen LogP contribution in [-0.2, 0) is 16.0 Å². The number of benzene rings is 1. The maximum absolute atomic E-state index is 12.0. The van der Waals surface area contributed by atoms with Crippen LogP contribution >= 0.6 is 0 Å². The van der Waals surface area contributed by atoms with Gasteiger partial charge in [0.2, 0.25) is 0 Å². The maximum atomic E-state index is 12.0. The van der Waals surface area contributed by atoms with Gasteiger partial charge in [0.1, 0.15) is 6.61 Å². The van der Waals surface area contributed by atoms with E-state index in [0.717, 1.165) is 12.8 Å². The average molecular weight is 317 g/mol. The van der Waals surface area contributed by atoms with Crippen LogP contribution in [0.1, 0.15) is 53.5 Å². The van der Waals surface area contributed by atoms with Crippen LogP contribution in [0.2, 0.25) is 0 Å². The molecule has 1 aliphatic rings. The first-order valence-electron chi connectivity index (χ1n) is 8.59. The number of anilines is 1. The molecule has 3 heteroatoms. The van der Waals surface area contributed by atoms with Crippen molar-refractivity contribution in [2.24, 2.45) is 5.41 Å². The zero-order valence-electron chi connectivity index (χ0n) is 15.5. The van der Waals surface area contributed by atoms with Crippen LogP contribution in [0.4, 0.5) is 5.69 Å². The van der Waals surface area contributed by atoms with Crippen molar-refractivity contribution in [1.82, 2.24) is 0 Å². The van der Waals surface area contributed by atoms with Crippen molar-refractivity contribution in [3.05, 3.63) is 29.8 Å². The van der Waals surface area contributed by atoms with Crippen LogP contribution in [0.5, 0.6) is 0 Å². The van der Waals surface area contributed by atoms with Gasteiger partial charge in [-0.1, -0.05) is 39.0 Å². The van der Waals surface area contributed by atoms with Gasteiger partial charge in [-0.3, -0.25) is 4.79 Å². The number of carbonyl (C=O) groups excluding carboxylic acids is 1. The molecular formula is C20H31NO2. The van der Waals surface area contributed by atoms with E-state index in [9.17, 15) is 4.79 Å². The number of ketones is 1. The van der Waals surface area contributed by atoms with Gasteiger partial charge in [0.25, 0.3) is 0 Å². The second-order valence-electron chi connectivity index (χ2n) is 8.55. The number of rotatable bonds is 4. The number of hydrogen-bond donors (Lipinski definition) is 0. The fourth-order valence-corrected chi connectivity index (χ4v) is 3.18. The van der Waals surface area contributed by atoms with Gasteiger partial charge in [-0.05, 0) is 45.2 Å². The minimum absolute atomic E-state index is 0.0264. The SMILES string of the molecule is CC(C)(C)C(=O)COCC1CCc2ccccc2N1C(C)(C)C. The summed E-state index contributed by atoms with van der Waals surface area (Å²) in [6.07, 6.45) is 2.14. The lowest BCUT2D eigenvalue weighted by atomic mass is 9.90. The third-order valence-electron chi connectivity index (χ3n) is 4.47. The quantitative estimate of drug-likeness (QED) is 0.832. The largest absolute Gasteiger partial charge is 0.372 e. The van der Waals surface area contributed by atoms with Crippen molar-refractivity contribution in [3.63, 3.8) is 0 Å². The molecule has 0 aliphatic carbocycles. The molecule has 0 spiro atoms. The third kappa shape index (κ3) is 4.35. The Kier molecular flexibility index (Phi) is 5.20. The smallest absolute Gasteiger partial charge is 0.163 e. The molecule has 1 aliphatic heterocycles. The number of para-hydroxylation sites is 1. The molecule has 1 heterocycles. The van der Waals surface area contributed by atoms with E-state index in [4.69, 9.17) is 4.74 Å². The number of ether oxygens (including phenoxy) is 1. The lowest BCUT2D eigenvalue weighted by Gasteiger charge is -2.47. The number of aryl methyl sites for hydroxylation is 1. The molecule has 0 aromatic heterocycles. The molecule has 0 bridgehead atoms. The van der Waals surface area contributed by atoms with Crippen molar-refractivity contribution >= 4 is 11.5 Å². The van der Waals surface area contributed by atoms with Crippen molar-refractivity contribution < 1.29 is 9.53 Å². The Morgan fingerprint density at radius 3 is 2.43 bits per heavy atom. The lowest BCUT2D eigenvalue weighted by molar-refractivity contribution is -0.131. The van der Waals surface area contributed by atoms with Crippen LogP contribution in [0.25, 0.3) is 0 Å². The van der Waals surface area contributed by atoms with Gasteiger partial charge < -0.3 is 9.64 Å². The predicted molar refractivity (Wildman–Crippen MR) is 96.1 cm³/mol. The summed E-state index contributed by atoms with van der Waals surface area (Å²) in [5, 5.41) is 0. The summed E-state index contributed by atoms with van der Waals surface area (Å²) < 4.78 is 5.81. The minimum atomic E-state index is -0.330. The molecule has 1 unspecified atom stereocenters. The van der Waals surface area contributed by atoms with Crippen molar-refractivity contribution in [1.29, 1.82) is 0 Å². The Hall–Kier alpha value is -1.35. The van der Waals surface area contributed by atoms with Crippen molar-refractivity contribution in [2.75, 3.05) is 18.1 Å². The second-order valence-corrected chi connectivity index (χ2v) is 8.55. The Balaban J connectivity index is 2.09. The zero-order valence-corrected chi connectivity index (χ0v) is 15.5. The van der Waals surface area contributed by atoms with Crippen LogP contribution in [0.15, 0.2) is 24.3 Å². The molecule has 0 amide bonds. The molecule has 1 aromatic rings. The topological polar surface area (TPSA) is 29.5 Å². The summed E-state index contributed by atoms with van der Waals surface area (Å²) in [4.78, 5) is 14.5. The molecule has 0 N–H and O–H groups in total. The minimum Gasteiger partial charge on any atom is -0.372 e. The van der Waals surface area contributed by atoms with Crippen molar-refractivity contribution in [2.45, 2.75) is 66.0 Å². The third-order valence-corrected chi connectivity index (χ3v) is 4.47. The molecule has 23 heavy (non-hydrogen) atoms. The first-order valence-corrected chi connectivity index (χ1v) is 8.59. The Labute approximate surface area is 141 Å². The number of Topliss-reactive ketones (excluding diaryl/α,β-unsaturated/α-hetero) is 1. The standard InChI is InChI=1S/C20H31NO2/c1-19(2,3)18(22)14-23-13-16-12-11-15-9-7-8-10-17(15)21(16)20(4,5)6/h7-10,16H,11-14H2,1-6H3. The van der Waals surface area contributed by atoms with Crippen LogP contribution in [0.3, 0.4) is 0 Å². The van der Waals surface area contributed by atoms with Gasteiger partial charge in [0.15, 0.2) is 5.78 Å². The maximum Gasteiger partial charge on any atom is 0.163 e. The summed E-state index contributed by atoms with van der Waals surface area (Å²) in [6, 6.07) is 8.95. The Bertz CT molecular complexity index is 551. The fraction of sp³-hybridized carbons (Fsp3) is 0.650. The number of hydrogen-bond acceptors (Lipinski definition) is 3. The lowest BCUT2D eigenvalue weighted by Crippen LogP contribution is -2.53. The number of nitrogens with zero attached hydrogens (tertiary/aromatic N) is 1. The monoisotopic (exact) mass is 317 g/mol. The Morgan fingerprint density at radius 1 is 1.17 bits per heavy atom. The van der Waals surface area contributed by atoms with E-state index >= 15 is 0 Å². The summed E-state index contributed by atoms with van der Waals surface area (Å²) >= 11 is 0. The highest BCUT2D eigenvalue weighted by Crippen LogP contribution is 2.36. The Morgan fingerprint density at radius 2 is 1.83 bits per heavy atom. The highest BCUT2D eigenvalue weighted by Gasteiger charge is 2.34. The molecule has 0 fully saturated rings. The van der Waals surface area contributed by atoms with Gasteiger partial charge in [0.05, 0.1) is 12.6 Å². The summed E-state index contributed by atoms with van der Waals surface area (Å²) in [5.41, 5.74) is 2.41. The molecule has 1 aromatic carbocycles. The molecule has 2 rings (SSSR count). The van der Waals surface area contributed by atoms with Gasteiger partial charge in [-0.25, -0.2) is 0 Å². The van der Waals surface area contributed by atoms with E-state index in [1.54, 1.807) is 0 Å². The van der Waals surface area contributed by atoms with Crippen LogP contribution in [-0.4, -0.2) is 30.6 Å². The van der Waals surface area contributed by atoms with Crippen LogP contribution < -0.4 is 4.90 Å². The average Bonchev–Trinajstić information content (AvgIpc) is 2.44. The molecule has 3 nitrogen and oxygen atoms in total. The molecular weight excluding hydrogens is 286 g/mol. The highest BCUT2D eigenvalue weighted by molar-refractivity contribution is 5.84. The van der Waals surface area contributed by atoms with Gasteiger partial charge in [-0.15, -0.1) is 0 Å². The summed E-state index contributed by atoms with van der Waals surface area (Å²) in [6.45, 7) is 13.4. The summed E-state index contributed by atoms with van der Waals surface area (Å²) in [7, 11) is 0. The van der Waals surface area contributed by atoms with E-state index in [-0.39, 0.29) is 23.3 Å². The summed E-state index contributed by atoms with van der Waals surface area (Å²) in [5.74, 6) is 0.163. The van der Waals surface area contributed by atoms with E-state index in [1.165, 1.54) is 11.3 Å². The highest BCUT2D eigenvalue weighted by atomic mass is 16.5. The fourth-order valence-electron chi connectivity index (χ4n) is 3.18. The van der Waals surface area contributed by atoms with Crippen molar-refractivity contribution in [3.8, 4) is 0 Å². The second kappa shape index (κ2) is 6.64. The van der Waals surface area contributed by atoms with Gasteiger partial charge in [-0.2, -0.15) is 0 Å². The molecule has 0 saturated carbocycles. The first-order chi connectivity index (χ1) is 10.6. The zero-order chi connectivity index (χ0) is 17.3. The van der Waals surface area contributed by atoms with Gasteiger partial charge in [0, 0.05) is 16.6 Å². The number of carbonyl (C=O) groups is 1. The van der Waals surface area contributed by atoms with E-state index in [1.807, 2.05) is 20.8 Å².